The first-order chi connectivity index (χ1) is 13.5. The topological polar surface area (TPSA) is 58.2 Å². The molecule has 0 aliphatic heterocycles. The van der Waals surface area contributed by atoms with Crippen molar-refractivity contribution >= 4 is 11.8 Å². The van der Waals surface area contributed by atoms with Gasteiger partial charge in [-0.2, -0.15) is 0 Å². The zero-order valence-electron chi connectivity index (χ0n) is 15.5. The van der Waals surface area contributed by atoms with Crippen molar-refractivity contribution in [1.82, 2.24) is 10.6 Å². The highest BCUT2D eigenvalue weighted by Crippen LogP contribution is 2.19. The number of rotatable bonds is 6. The highest BCUT2D eigenvalue weighted by atomic mass is 19.1. The fourth-order valence-electron chi connectivity index (χ4n) is 2.72. The number of hydrogen-bond donors (Lipinski definition) is 2. The standard InChI is InChI=1S/C23H21FN2O2/c1-16-7-8-17(13-21(16)24)14-25-22(27)15-26-23(28)20-11-9-19(10-12-20)18-5-3-2-4-6-18/h2-13H,14-15H2,1H3,(H,25,27)(H,26,28). The summed E-state index contributed by atoms with van der Waals surface area (Å²) in [5, 5.41) is 5.25. The van der Waals surface area contributed by atoms with Crippen molar-refractivity contribution in [2.75, 3.05) is 6.54 Å². The molecule has 0 fully saturated rings. The van der Waals surface area contributed by atoms with E-state index in [9.17, 15) is 14.0 Å². The van der Waals surface area contributed by atoms with Crippen LogP contribution in [0.3, 0.4) is 0 Å². The lowest BCUT2D eigenvalue weighted by Gasteiger charge is -2.08. The Morgan fingerprint density at radius 1 is 0.857 bits per heavy atom. The van der Waals surface area contributed by atoms with E-state index in [0.29, 0.717) is 16.7 Å². The van der Waals surface area contributed by atoms with Crippen molar-refractivity contribution in [2.24, 2.45) is 0 Å². The number of carbonyl (C=O) groups excluding carboxylic acids is 2. The summed E-state index contributed by atoms with van der Waals surface area (Å²) < 4.78 is 13.5. The van der Waals surface area contributed by atoms with Crippen molar-refractivity contribution in [3.05, 3.63) is 95.3 Å². The predicted octanol–water partition coefficient (Wildman–Crippen LogP) is 3.85. The number of carbonyl (C=O) groups is 2. The molecule has 0 aliphatic rings. The molecule has 3 rings (SSSR count). The molecule has 4 nitrogen and oxygen atoms in total. The van der Waals surface area contributed by atoms with E-state index in [1.807, 2.05) is 42.5 Å². The molecule has 3 aromatic carbocycles. The lowest BCUT2D eigenvalue weighted by Crippen LogP contribution is -2.36. The number of hydrogen-bond acceptors (Lipinski definition) is 2. The van der Waals surface area contributed by atoms with Crippen LogP contribution in [0, 0.1) is 12.7 Å². The second kappa shape index (κ2) is 8.95. The highest BCUT2D eigenvalue weighted by molar-refractivity contribution is 5.96. The Bertz CT molecular complexity index is 970. The van der Waals surface area contributed by atoms with E-state index in [1.165, 1.54) is 6.07 Å². The smallest absolute Gasteiger partial charge is 0.251 e. The summed E-state index contributed by atoms with van der Waals surface area (Å²) in [6.45, 7) is 1.74. The number of benzene rings is 3. The van der Waals surface area contributed by atoms with E-state index < -0.39 is 0 Å². The van der Waals surface area contributed by atoms with Crippen molar-refractivity contribution in [3.63, 3.8) is 0 Å². The second-order valence-corrected chi connectivity index (χ2v) is 6.49. The maximum absolute atomic E-state index is 13.5. The first-order valence-electron chi connectivity index (χ1n) is 8.98. The third-order valence-corrected chi connectivity index (χ3v) is 4.39. The van der Waals surface area contributed by atoms with E-state index in [0.717, 1.165) is 11.1 Å². The first kappa shape index (κ1) is 19.3. The van der Waals surface area contributed by atoms with Gasteiger partial charge in [-0.25, -0.2) is 4.39 Å². The maximum atomic E-state index is 13.5. The maximum Gasteiger partial charge on any atom is 0.251 e. The van der Waals surface area contributed by atoms with Gasteiger partial charge in [0, 0.05) is 12.1 Å². The Kier molecular flexibility index (Phi) is 6.17. The molecule has 0 heterocycles. The molecule has 0 radical (unpaired) electrons. The van der Waals surface area contributed by atoms with Crippen LogP contribution in [0.2, 0.25) is 0 Å². The van der Waals surface area contributed by atoms with Gasteiger partial charge in [0.1, 0.15) is 5.82 Å². The lowest BCUT2D eigenvalue weighted by molar-refractivity contribution is -0.120. The van der Waals surface area contributed by atoms with Crippen molar-refractivity contribution in [2.45, 2.75) is 13.5 Å². The molecule has 28 heavy (non-hydrogen) atoms. The Morgan fingerprint density at radius 3 is 2.21 bits per heavy atom. The second-order valence-electron chi connectivity index (χ2n) is 6.49. The van der Waals surface area contributed by atoms with Gasteiger partial charge in [-0.1, -0.05) is 54.6 Å². The van der Waals surface area contributed by atoms with E-state index in [-0.39, 0.29) is 30.7 Å². The monoisotopic (exact) mass is 376 g/mol. The summed E-state index contributed by atoms with van der Waals surface area (Å²) >= 11 is 0. The van der Waals surface area contributed by atoms with Crippen LogP contribution in [0.15, 0.2) is 72.8 Å². The lowest BCUT2D eigenvalue weighted by atomic mass is 10.0. The highest BCUT2D eigenvalue weighted by Gasteiger charge is 2.09. The van der Waals surface area contributed by atoms with Crippen LogP contribution in [-0.2, 0) is 11.3 Å². The first-order valence-corrected chi connectivity index (χ1v) is 8.98. The van der Waals surface area contributed by atoms with Gasteiger partial charge in [-0.3, -0.25) is 9.59 Å². The third-order valence-electron chi connectivity index (χ3n) is 4.39. The number of halogens is 1. The molecular formula is C23H21FN2O2. The zero-order valence-corrected chi connectivity index (χ0v) is 15.5. The number of aryl methyl sites for hydroxylation is 1. The Morgan fingerprint density at radius 2 is 1.54 bits per heavy atom. The molecule has 0 saturated heterocycles. The molecule has 0 bridgehead atoms. The molecule has 3 aromatic rings. The van der Waals surface area contributed by atoms with Gasteiger partial charge in [0.2, 0.25) is 5.91 Å². The third kappa shape index (κ3) is 5.04. The molecule has 0 unspecified atom stereocenters. The van der Waals surface area contributed by atoms with Crippen molar-refractivity contribution in [1.29, 1.82) is 0 Å². The molecule has 0 aliphatic carbocycles. The fourth-order valence-corrected chi connectivity index (χ4v) is 2.72. The summed E-state index contributed by atoms with van der Waals surface area (Å²) in [6.07, 6.45) is 0. The van der Waals surface area contributed by atoms with E-state index in [4.69, 9.17) is 0 Å². The van der Waals surface area contributed by atoms with Gasteiger partial charge in [0.15, 0.2) is 0 Å². The normalized spacial score (nSPS) is 10.4. The van der Waals surface area contributed by atoms with Crippen LogP contribution >= 0.6 is 0 Å². The van der Waals surface area contributed by atoms with Crippen LogP contribution < -0.4 is 10.6 Å². The summed E-state index contributed by atoms with van der Waals surface area (Å²) in [6, 6.07) is 21.9. The summed E-state index contributed by atoms with van der Waals surface area (Å²) in [5.74, 6) is -0.967. The van der Waals surface area contributed by atoms with Crippen LogP contribution in [0.25, 0.3) is 11.1 Å². The minimum absolute atomic E-state index is 0.145. The zero-order chi connectivity index (χ0) is 19.9. The quantitative estimate of drug-likeness (QED) is 0.687. The minimum Gasteiger partial charge on any atom is -0.350 e. The Balaban J connectivity index is 1.49. The largest absolute Gasteiger partial charge is 0.350 e. The van der Waals surface area contributed by atoms with Crippen molar-refractivity contribution < 1.29 is 14.0 Å². The fraction of sp³-hybridized carbons (Fsp3) is 0.130. The molecular weight excluding hydrogens is 355 g/mol. The van der Waals surface area contributed by atoms with E-state index in [2.05, 4.69) is 10.6 Å². The molecule has 5 heteroatoms. The molecule has 0 saturated carbocycles. The van der Waals surface area contributed by atoms with E-state index >= 15 is 0 Å². The predicted molar refractivity (Wildman–Crippen MR) is 107 cm³/mol. The van der Waals surface area contributed by atoms with Crippen molar-refractivity contribution in [3.8, 4) is 11.1 Å². The van der Waals surface area contributed by atoms with Gasteiger partial charge in [-0.05, 0) is 47.4 Å². The van der Waals surface area contributed by atoms with Crippen LogP contribution in [0.1, 0.15) is 21.5 Å². The SMILES string of the molecule is Cc1ccc(CNC(=O)CNC(=O)c2ccc(-c3ccccc3)cc2)cc1F. The van der Waals surface area contributed by atoms with Crippen LogP contribution in [0.4, 0.5) is 4.39 Å². The number of amides is 2. The van der Waals surface area contributed by atoms with Gasteiger partial charge in [-0.15, -0.1) is 0 Å². The summed E-state index contributed by atoms with van der Waals surface area (Å²) in [7, 11) is 0. The minimum atomic E-state index is -0.338. The number of nitrogens with one attached hydrogen (secondary N) is 2. The summed E-state index contributed by atoms with van der Waals surface area (Å²) in [4.78, 5) is 24.1. The Hall–Kier alpha value is -3.47. The Labute approximate surface area is 163 Å². The van der Waals surface area contributed by atoms with Crippen LogP contribution in [-0.4, -0.2) is 18.4 Å². The molecule has 142 valence electrons. The average Bonchev–Trinajstić information content (AvgIpc) is 2.73. The summed E-state index contributed by atoms with van der Waals surface area (Å²) in [5.41, 5.74) is 3.79. The van der Waals surface area contributed by atoms with Gasteiger partial charge in [0.25, 0.3) is 5.91 Å². The molecule has 0 spiro atoms. The molecule has 2 amide bonds. The average molecular weight is 376 g/mol. The molecule has 0 aromatic heterocycles. The van der Waals surface area contributed by atoms with Gasteiger partial charge in [0.05, 0.1) is 6.54 Å². The van der Waals surface area contributed by atoms with E-state index in [1.54, 1.807) is 31.2 Å². The molecule has 2 N–H and O–H groups in total. The molecule has 0 atom stereocenters. The van der Waals surface area contributed by atoms with Gasteiger partial charge >= 0.3 is 0 Å². The van der Waals surface area contributed by atoms with Gasteiger partial charge < -0.3 is 10.6 Å². The van der Waals surface area contributed by atoms with Crippen LogP contribution in [0.5, 0.6) is 0 Å².